The number of hydrogen-bond acceptors (Lipinski definition) is 3. The predicted molar refractivity (Wildman–Crippen MR) is 72.2 cm³/mol. The topological polar surface area (TPSA) is 38.5 Å². The fourth-order valence-electron chi connectivity index (χ4n) is 1.89. The molecular formula is C14H24N2O. The molecule has 1 rings (SSSR count). The van der Waals surface area contributed by atoms with Gasteiger partial charge in [0.15, 0.2) is 0 Å². The number of methoxy groups -OCH3 is 1. The van der Waals surface area contributed by atoms with Gasteiger partial charge >= 0.3 is 0 Å². The Morgan fingerprint density at radius 2 is 2.06 bits per heavy atom. The van der Waals surface area contributed by atoms with Gasteiger partial charge in [0.2, 0.25) is 0 Å². The quantitative estimate of drug-likeness (QED) is 0.789. The highest BCUT2D eigenvalue weighted by atomic mass is 16.5. The fourth-order valence-corrected chi connectivity index (χ4v) is 1.89. The van der Waals surface area contributed by atoms with Crippen molar-refractivity contribution >= 4 is 0 Å². The summed E-state index contributed by atoms with van der Waals surface area (Å²) in [4.78, 5) is 2.31. The second-order valence-electron chi connectivity index (χ2n) is 4.67. The lowest BCUT2D eigenvalue weighted by atomic mass is 10.1. The smallest absolute Gasteiger partial charge is 0.123 e. The minimum absolute atomic E-state index is 0.301. The van der Waals surface area contributed by atoms with Crippen molar-refractivity contribution < 1.29 is 4.74 Å². The summed E-state index contributed by atoms with van der Waals surface area (Å²) in [5.41, 5.74) is 6.97. The third-order valence-corrected chi connectivity index (χ3v) is 2.83. The van der Waals surface area contributed by atoms with E-state index in [0.717, 1.165) is 31.7 Å². The molecule has 0 aliphatic heterocycles. The minimum Gasteiger partial charge on any atom is -0.496 e. The number of hydrogen-bond donors (Lipinski definition) is 1. The van der Waals surface area contributed by atoms with Crippen molar-refractivity contribution in [2.45, 2.75) is 32.4 Å². The van der Waals surface area contributed by atoms with Gasteiger partial charge in [0.1, 0.15) is 5.75 Å². The number of rotatable bonds is 7. The highest BCUT2D eigenvalue weighted by molar-refractivity contribution is 5.32. The number of nitrogens with zero attached hydrogens (tertiary/aromatic N) is 1. The van der Waals surface area contributed by atoms with Crippen LogP contribution in [0.3, 0.4) is 0 Å². The van der Waals surface area contributed by atoms with Crippen LogP contribution in [0.5, 0.6) is 5.75 Å². The Morgan fingerprint density at radius 3 is 2.71 bits per heavy atom. The van der Waals surface area contributed by atoms with E-state index in [-0.39, 0.29) is 0 Å². The van der Waals surface area contributed by atoms with Crippen LogP contribution in [0.4, 0.5) is 0 Å². The van der Waals surface area contributed by atoms with E-state index < -0.39 is 0 Å². The van der Waals surface area contributed by atoms with Gasteiger partial charge in [-0.2, -0.15) is 0 Å². The molecule has 0 amide bonds. The van der Waals surface area contributed by atoms with Gasteiger partial charge in [0.05, 0.1) is 7.11 Å². The molecule has 1 aromatic rings. The Labute approximate surface area is 105 Å². The van der Waals surface area contributed by atoms with E-state index in [1.807, 2.05) is 18.2 Å². The summed E-state index contributed by atoms with van der Waals surface area (Å²) in [5.74, 6) is 0.964. The highest BCUT2D eigenvalue weighted by Crippen LogP contribution is 2.18. The predicted octanol–water partition coefficient (Wildman–Crippen LogP) is 2.25. The Balaban J connectivity index is 2.41. The molecule has 2 N–H and O–H groups in total. The molecule has 0 spiro atoms. The molecule has 0 saturated heterocycles. The van der Waals surface area contributed by atoms with Crippen LogP contribution in [-0.2, 0) is 6.54 Å². The Hall–Kier alpha value is -1.06. The first-order valence-corrected chi connectivity index (χ1v) is 6.19. The zero-order valence-corrected chi connectivity index (χ0v) is 11.1. The largest absolute Gasteiger partial charge is 0.496 e. The summed E-state index contributed by atoms with van der Waals surface area (Å²) in [7, 11) is 3.85. The molecule has 96 valence electrons. The SMILES string of the molecule is COc1ccccc1CN(C)CCCC(C)N. The molecule has 1 aromatic carbocycles. The van der Waals surface area contributed by atoms with Crippen LogP contribution >= 0.6 is 0 Å². The van der Waals surface area contributed by atoms with Gasteiger partial charge in [0, 0.05) is 18.2 Å². The van der Waals surface area contributed by atoms with Gasteiger partial charge in [-0.25, -0.2) is 0 Å². The molecular weight excluding hydrogens is 212 g/mol. The van der Waals surface area contributed by atoms with Crippen LogP contribution in [0, 0.1) is 0 Å². The molecule has 0 fully saturated rings. The number of ether oxygens (including phenoxy) is 1. The Morgan fingerprint density at radius 1 is 1.35 bits per heavy atom. The van der Waals surface area contributed by atoms with Crippen molar-refractivity contribution in [3.8, 4) is 5.75 Å². The molecule has 0 aliphatic carbocycles. The zero-order valence-electron chi connectivity index (χ0n) is 11.1. The van der Waals surface area contributed by atoms with Crippen molar-refractivity contribution in [2.75, 3.05) is 20.7 Å². The molecule has 3 nitrogen and oxygen atoms in total. The van der Waals surface area contributed by atoms with Crippen LogP contribution in [0.1, 0.15) is 25.3 Å². The van der Waals surface area contributed by atoms with Crippen molar-refractivity contribution in [3.63, 3.8) is 0 Å². The minimum atomic E-state index is 0.301. The summed E-state index contributed by atoms with van der Waals surface area (Å²) in [6.45, 7) is 4.04. The van der Waals surface area contributed by atoms with Crippen molar-refractivity contribution in [1.29, 1.82) is 0 Å². The lowest BCUT2D eigenvalue weighted by Gasteiger charge is -2.18. The zero-order chi connectivity index (χ0) is 12.7. The van der Waals surface area contributed by atoms with E-state index in [1.165, 1.54) is 5.56 Å². The second-order valence-corrected chi connectivity index (χ2v) is 4.67. The van der Waals surface area contributed by atoms with E-state index in [9.17, 15) is 0 Å². The lowest BCUT2D eigenvalue weighted by Crippen LogP contribution is -2.22. The van der Waals surface area contributed by atoms with Crippen LogP contribution in [0.15, 0.2) is 24.3 Å². The van der Waals surface area contributed by atoms with Crippen LogP contribution < -0.4 is 10.5 Å². The van der Waals surface area contributed by atoms with Crippen molar-refractivity contribution in [1.82, 2.24) is 4.90 Å². The Kier molecular flexibility index (Phi) is 6.01. The van der Waals surface area contributed by atoms with Gasteiger partial charge in [-0.05, 0) is 39.4 Å². The molecule has 3 heteroatoms. The fraction of sp³-hybridized carbons (Fsp3) is 0.571. The van der Waals surface area contributed by atoms with Gasteiger partial charge in [-0.1, -0.05) is 18.2 Å². The molecule has 0 saturated carbocycles. The second kappa shape index (κ2) is 7.30. The molecule has 0 aliphatic rings. The number of nitrogens with two attached hydrogens (primary N) is 1. The summed E-state index contributed by atoms with van der Waals surface area (Å²) in [5, 5.41) is 0. The van der Waals surface area contributed by atoms with E-state index >= 15 is 0 Å². The summed E-state index contributed by atoms with van der Waals surface area (Å²) >= 11 is 0. The van der Waals surface area contributed by atoms with Gasteiger partial charge in [0.25, 0.3) is 0 Å². The van der Waals surface area contributed by atoms with Crippen molar-refractivity contribution in [2.24, 2.45) is 5.73 Å². The van der Waals surface area contributed by atoms with Crippen molar-refractivity contribution in [3.05, 3.63) is 29.8 Å². The third-order valence-electron chi connectivity index (χ3n) is 2.83. The van der Waals surface area contributed by atoms with E-state index in [2.05, 4.69) is 24.9 Å². The molecule has 0 bridgehead atoms. The molecule has 1 atom stereocenters. The average molecular weight is 236 g/mol. The maximum Gasteiger partial charge on any atom is 0.123 e. The Bertz CT molecular complexity index is 326. The summed E-state index contributed by atoms with van der Waals surface area (Å²) in [6.07, 6.45) is 2.22. The lowest BCUT2D eigenvalue weighted by molar-refractivity contribution is 0.307. The van der Waals surface area contributed by atoms with E-state index in [4.69, 9.17) is 10.5 Å². The normalized spacial score (nSPS) is 12.8. The van der Waals surface area contributed by atoms with Gasteiger partial charge < -0.3 is 15.4 Å². The molecule has 1 unspecified atom stereocenters. The molecule has 0 radical (unpaired) electrons. The molecule has 0 aromatic heterocycles. The highest BCUT2D eigenvalue weighted by Gasteiger charge is 2.05. The first-order valence-electron chi connectivity index (χ1n) is 6.19. The average Bonchev–Trinajstić information content (AvgIpc) is 2.29. The first kappa shape index (κ1) is 14.0. The standard InChI is InChI=1S/C14H24N2O/c1-12(15)7-6-10-16(2)11-13-8-4-5-9-14(13)17-3/h4-5,8-9,12H,6-7,10-11,15H2,1-3H3. The maximum absolute atomic E-state index is 5.74. The van der Waals surface area contributed by atoms with Crippen LogP contribution in [0.25, 0.3) is 0 Å². The van der Waals surface area contributed by atoms with E-state index in [1.54, 1.807) is 7.11 Å². The van der Waals surface area contributed by atoms with Crippen LogP contribution in [0.2, 0.25) is 0 Å². The maximum atomic E-state index is 5.74. The van der Waals surface area contributed by atoms with Gasteiger partial charge in [-0.15, -0.1) is 0 Å². The molecule has 0 heterocycles. The van der Waals surface area contributed by atoms with Crippen LogP contribution in [-0.4, -0.2) is 31.6 Å². The third kappa shape index (κ3) is 5.20. The first-order chi connectivity index (χ1) is 8.13. The number of benzene rings is 1. The summed E-state index contributed by atoms with van der Waals surface area (Å²) < 4.78 is 5.34. The summed E-state index contributed by atoms with van der Waals surface area (Å²) in [6, 6.07) is 8.47. The van der Waals surface area contributed by atoms with E-state index in [0.29, 0.717) is 6.04 Å². The van der Waals surface area contributed by atoms with Gasteiger partial charge in [-0.3, -0.25) is 0 Å². The molecule has 17 heavy (non-hydrogen) atoms. The number of para-hydroxylation sites is 1. The monoisotopic (exact) mass is 236 g/mol.